The maximum Gasteiger partial charge on any atom is 0.246 e. The van der Waals surface area contributed by atoms with Crippen molar-refractivity contribution in [3.8, 4) is 5.75 Å². The van der Waals surface area contributed by atoms with E-state index in [9.17, 15) is 4.79 Å². The largest absolute Gasteiger partial charge is 0.497 e. The summed E-state index contributed by atoms with van der Waals surface area (Å²) in [4.78, 5) is 17.8. The summed E-state index contributed by atoms with van der Waals surface area (Å²) in [6.07, 6.45) is 4.54. The van der Waals surface area contributed by atoms with Gasteiger partial charge in [-0.15, -0.1) is 11.3 Å². The second-order valence-corrected chi connectivity index (χ2v) is 8.33. The van der Waals surface area contributed by atoms with Crippen LogP contribution in [-0.2, 0) is 4.79 Å². The summed E-state index contributed by atoms with van der Waals surface area (Å²) >= 11 is 5.06. The zero-order valence-corrected chi connectivity index (χ0v) is 16.6. The van der Waals surface area contributed by atoms with E-state index >= 15 is 0 Å². The fraction of sp³-hybridized carbons (Fsp3) is 0.316. The normalized spacial score (nSPS) is 15.4. The van der Waals surface area contributed by atoms with Crippen molar-refractivity contribution in [3.63, 3.8) is 0 Å². The molecular formula is C19H21BrN2O2S. The van der Waals surface area contributed by atoms with Crippen molar-refractivity contribution >= 4 is 44.9 Å². The molecule has 1 aliphatic heterocycles. The number of rotatable bonds is 4. The molecule has 0 atom stereocenters. The first-order valence-corrected chi connectivity index (χ1v) is 9.88. The number of hydrogen-bond donors (Lipinski definition) is 0. The number of thiophene rings is 1. The number of halogens is 1. The lowest BCUT2D eigenvalue weighted by Gasteiger charge is -2.23. The smallest absolute Gasteiger partial charge is 0.246 e. The van der Waals surface area contributed by atoms with Crippen LogP contribution in [0.4, 0.5) is 5.69 Å². The number of carbonyl (C=O) groups is 1. The summed E-state index contributed by atoms with van der Waals surface area (Å²) in [6.45, 7) is 3.33. The lowest BCUT2D eigenvalue weighted by Crippen LogP contribution is -2.34. The van der Waals surface area contributed by atoms with E-state index in [1.54, 1.807) is 24.5 Å². The molecule has 132 valence electrons. The Morgan fingerprint density at radius 3 is 2.60 bits per heavy atom. The van der Waals surface area contributed by atoms with E-state index < -0.39 is 0 Å². The van der Waals surface area contributed by atoms with E-state index in [0.717, 1.165) is 47.0 Å². The minimum absolute atomic E-state index is 0.0844. The van der Waals surface area contributed by atoms with E-state index in [1.165, 1.54) is 5.69 Å². The highest BCUT2D eigenvalue weighted by atomic mass is 79.9. The van der Waals surface area contributed by atoms with Crippen LogP contribution < -0.4 is 9.64 Å². The third kappa shape index (κ3) is 4.86. The number of hydrogen-bond acceptors (Lipinski definition) is 4. The first kappa shape index (κ1) is 18.0. The van der Waals surface area contributed by atoms with Gasteiger partial charge in [-0.05, 0) is 64.8 Å². The van der Waals surface area contributed by atoms with Gasteiger partial charge in [-0.3, -0.25) is 4.79 Å². The molecule has 1 aromatic carbocycles. The summed E-state index contributed by atoms with van der Waals surface area (Å²) in [6, 6.07) is 12.1. The summed E-state index contributed by atoms with van der Waals surface area (Å²) in [5, 5.41) is 0. The number of anilines is 1. The van der Waals surface area contributed by atoms with Gasteiger partial charge < -0.3 is 14.5 Å². The van der Waals surface area contributed by atoms with Gasteiger partial charge in [0.2, 0.25) is 5.91 Å². The van der Waals surface area contributed by atoms with Crippen LogP contribution in [-0.4, -0.2) is 44.1 Å². The van der Waals surface area contributed by atoms with Crippen LogP contribution in [0.15, 0.2) is 46.3 Å². The number of nitrogens with zero attached hydrogens (tertiary/aromatic N) is 2. The molecule has 4 nitrogen and oxygen atoms in total. The average Bonchev–Trinajstić information content (AvgIpc) is 2.90. The van der Waals surface area contributed by atoms with Gasteiger partial charge in [-0.1, -0.05) is 0 Å². The molecule has 2 aromatic rings. The van der Waals surface area contributed by atoms with Crippen LogP contribution in [0.5, 0.6) is 5.75 Å². The van der Waals surface area contributed by atoms with Gasteiger partial charge >= 0.3 is 0 Å². The van der Waals surface area contributed by atoms with Crippen LogP contribution in [0.1, 0.15) is 11.3 Å². The SMILES string of the molecule is COc1ccc(N2CCCN(C(=O)/C=C/c3ccc(Br)s3)CC2)cc1. The number of amides is 1. The van der Waals surface area contributed by atoms with E-state index in [4.69, 9.17) is 4.74 Å². The molecule has 0 spiro atoms. The summed E-state index contributed by atoms with van der Waals surface area (Å²) in [7, 11) is 1.67. The molecule has 1 fully saturated rings. The van der Waals surface area contributed by atoms with Crippen LogP contribution >= 0.6 is 27.3 Å². The molecule has 0 unspecified atom stereocenters. The monoisotopic (exact) mass is 420 g/mol. The zero-order valence-electron chi connectivity index (χ0n) is 14.2. The van der Waals surface area contributed by atoms with Crippen molar-refractivity contribution in [2.75, 3.05) is 38.2 Å². The standard InChI is InChI=1S/C19H21BrN2O2S/c1-24-16-5-3-15(4-6-16)21-11-2-12-22(14-13-21)19(23)10-8-17-7-9-18(20)25-17/h3-10H,2,11-14H2,1H3/b10-8+. The molecule has 0 radical (unpaired) electrons. The molecule has 0 aliphatic carbocycles. The third-order valence-electron chi connectivity index (χ3n) is 4.23. The molecule has 6 heteroatoms. The van der Waals surface area contributed by atoms with Crippen molar-refractivity contribution in [1.82, 2.24) is 4.90 Å². The highest BCUT2D eigenvalue weighted by Crippen LogP contribution is 2.23. The van der Waals surface area contributed by atoms with E-state index in [0.29, 0.717) is 0 Å². The second-order valence-electron chi connectivity index (χ2n) is 5.84. The van der Waals surface area contributed by atoms with Crippen molar-refractivity contribution < 1.29 is 9.53 Å². The van der Waals surface area contributed by atoms with E-state index in [-0.39, 0.29) is 5.91 Å². The zero-order chi connectivity index (χ0) is 17.6. The number of benzene rings is 1. The van der Waals surface area contributed by atoms with E-state index in [2.05, 4.69) is 33.0 Å². The molecule has 25 heavy (non-hydrogen) atoms. The highest BCUT2D eigenvalue weighted by Gasteiger charge is 2.17. The Morgan fingerprint density at radius 1 is 1.12 bits per heavy atom. The molecule has 1 aromatic heterocycles. The molecule has 0 bridgehead atoms. The molecule has 2 heterocycles. The van der Waals surface area contributed by atoms with Crippen LogP contribution in [0.25, 0.3) is 6.08 Å². The lowest BCUT2D eigenvalue weighted by atomic mass is 10.2. The van der Waals surface area contributed by atoms with Gasteiger partial charge in [-0.2, -0.15) is 0 Å². The topological polar surface area (TPSA) is 32.8 Å². The first-order valence-electron chi connectivity index (χ1n) is 8.27. The van der Waals surface area contributed by atoms with Crippen molar-refractivity contribution in [3.05, 3.63) is 51.1 Å². The highest BCUT2D eigenvalue weighted by molar-refractivity contribution is 9.11. The summed E-state index contributed by atoms with van der Waals surface area (Å²) < 4.78 is 6.29. The summed E-state index contributed by atoms with van der Waals surface area (Å²) in [5.41, 5.74) is 1.18. The second kappa shape index (κ2) is 8.54. The van der Waals surface area contributed by atoms with Crippen LogP contribution in [0.2, 0.25) is 0 Å². The Bertz CT molecular complexity index is 742. The quantitative estimate of drug-likeness (QED) is 0.692. The van der Waals surface area contributed by atoms with Crippen molar-refractivity contribution in [2.45, 2.75) is 6.42 Å². The van der Waals surface area contributed by atoms with Gasteiger partial charge in [0, 0.05) is 42.8 Å². The van der Waals surface area contributed by atoms with Gasteiger partial charge in [0.15, 0.2) is 0 Å². The molecule has 1 amide bonds. The Balaban J connectivity index is 1.58. The minimum atomic E-state index is 0.0844. The maximum absolute atomic E-state index is 12.5. The molecule has 0 saturated carbocycles. The molecule has 0 N–H and O–H groups in total. The molecule has 1 saturated heterocycles. The molecule has 3 rings (SSSR count). The maximum atomic E-state index is 12.5. The molecule has 1 aliphatic rings. The van der Waals surface area contributed by atoms with Gasteiger partial charge in [-0.25, -0.2) is 0 Å². The van der Waals surface area contributed by atoms with Crippen LogP contribution in [0.3, 0.4) is 0 Å². The number of ether oxygens (including phenoxy) is 1. The first-order chi connectivity index (χ1) is 12.2. The number of methoxy groups -OCH3 is 1. The number of carbonyl (C=O) groups excluding carboxylic acids is 1. The van der Waals surface area contributed by atoms with Crippen LogP contribution in [0, 0.1) is 0 Å². The lowest BCUT2D eigenvalue weighted by molar-refractivity contribution is -0.125. The Hall–Kier alpha value is -1.79. The fourth-order valence-electron chi connectivity index (χ4n) is 2.87. The Labute approximate surface area is 160 Å². The van der Waals surface area contributed by atoms with Gasteiger partial charge in [0.05, 0.1) is 10.9 Å². The van der Waals surface area contributed by atoms with Crippen molar-refractivity contribution in [2.24, 2.45) is 0 Å². The Morgan fingerprint density at radius 2 is 1.92 bits per heavy atom. The predicted octanol–water partition coefficient (Wildman–Crippen LogP) is 4.27. The van der Waals surface area contributed by atoms with Gasteiger partial charge in [0.25, 0.3) is 0 Å². The minimum Gasteiger partial charge on any atom is -0.497 e. The molecular weight excluding hydrogens is 400 g/mol. The van der Waals surface area contributed by atoms with Gasteiger partial charge in [0.1, 0.15) is 5.75 Å². The fourth-order valence-corrected chi connectivity index (χ4v) is 4.19. The Kier molecular flexibility index (Phi) is 6.15. The third-order valence-corrected chi connectivity index (χ3v) is 5.82. The average molecular weight is 421 g/mol. The van der Waals surface area contributed by atoms with Crippen molar-refractivity contribution in [1.29, 1.82) is 0 Å². The predicted molar refractivity (Wildman–Crippen MR) is 107 cm³/mol. The summed E-state index contributed by atoms with van der Waals surface area (Å²) in [5.74, 6) is 0.946. The van der Waals surface area contributed by atoms with E-state index in [1.807, 2.05) is 35.2 Å².